The third-order valence-corrected chi connectivity index (χ3v) is 3.57. The van der Waals surface area contributed by atoms with Gasteiger partial charge in [0.25, 0.3) is 0 Å². The van der Waals surface area contributed by atoms with Crippen molar-refractivity contribution >= 4 is 27.4 Å². The highest BCUT2D eigenvalue weighted by molar-refractivity contribution is 9.10. The van der Waals surface area contributed by atoms with Crippen molar-refractivity contribution in [3.8, 4) is 0 Å². The Morgan fingerprint density at radius 2 is 1.90 bits per heavy atom. The fraction of sp³-hybridized carbons (Fsp3) is 0.562. The second-order valence-electron chi connectivity index (χ2n) is 5.86. The molecule has 0 aromatic heterocycles. The summed E-state index contributed by atoms with van der Waals surface area (Å²) in [6.07, 6.45) is 0. The molecule has 0 saturated carbocycles. The molecule has 0 bridgehead atoms. The standard InChI is InChI=1S/C16H25BrN2O/c1-12(2)11-19(9-8-18(4)5)16-7-6-14(17)10-15(16)13(3)20/h6-7,10,12H,8-9,11H2,1-5H3. The number of hydrogen-bond donors (Lipinski definition) is 0. The van der Waals surface area contributed by atoms with E-state index in [0.717, 1.165) is 35.4 Å². The summed E-state index contributed by atoms with van der Waals surface area (Å²) in [6, 6.07) is 5.96. The normalized spacial score (nSPS) is 11.2. The van der Waals surface area contributed by atoms with Crippen molar-refractivity contribution in [3.05, 3.63) is 28.2 Å². The zero-order valence-corrected chi connectivity index (χ0v) is 14.7. The lowest BCUT2D eigenvalue weighted by atomic mass is 10.1. The molecule has 0 unspecified atom stereocenters. The molecule has 1 rings (SSSR count). The number of hydrogen-bond acceptors (Lipinski definition) is 3. The van der Waals surface area contributed by atoms with Crippen molar-refractivity contribution < 1.29 is 4.79 Å². The van der Waals surface area contributed by atoms with Crippen molar-refractivity contribution in [2.24, 2.45) is 5.92 Å². The molecule has 0 spiro atoms. The molecule has 0 saturated heterocycles. The number of carbonyl (C=O) groups excluding carboxylic acids is 1. The molecule has 0 N–H and O–H groups in total. The monoisotopic (exact) mass is 340 g/mol. The van der Waals surface area contributed by atoms with E-state index in [4.69, 9.17) is 0 Å². The zero-order chi connectivity index (χ0) is 15.3. The van der Waals surface area contributed by atoms with Crippen molar-refractivity contribution in [2.45, 2.75) is 20.8 Å². The van der Waals surface area contributed by atoms with Gasteiger partial charge in [-0.25, -0.2) is 0 Å². The molecule has 0 radical (unpaired) electrons. The summed E-state index contributed by atoms with van der Waals surface area (Å²) in [6.45, 7) is 8.89. The van der Waals surface area contributed by atoms with E-state index in [2.05, 4.69) is 53.7 Å². The molecule has 20 heavy (non-hydrogen) atoms. The molecular weight excluding hydrogens is 316 g/mol. The average Bonchev–Trinajstić information content (AvgIpc) is 2.33. The van der Waals surface area contributed by atoms with E-state index in [9.17, 15) is 4.79 Å². The van der Waals surface area contributed by atoms with E-state index < -0.39 is 0 Å². The van der Waals surface area contributed by atoms with Gasteiger partial charge in [-0.2, -0.15) is 0 Å². The van der Waals surface area contributed by atoms with Crippen LogP contribution < -0.4 is 4.90 Å². The van der Waals surface area contributed by atoms with E-state index in [1.54, 1.807) is 6.92 Å². The Morgan fingerprint density at radius 1 is 1.25 bits per heavy atom. The van der Waals surface area contributed by atoms with Crippen LogP contribution in [-0.2, 0) is 0 Å². The van der Waals surface area contributed by atoms with Gasteiger partial charge in [0.2, 0.25) is 0 Å². The highest BCUT2D eigenvalue weighted by Gasteiger charge is 2.15. The molecule has 0 amide bonds. The van der Waals surface area contributed by atoms with Crippen LogP contribution in [0, 0.1) is 5.92 Å². The quantitative estimate of drug-likeness (QED) is 0.707. The molecule has 0 aliphatic rings. The Kier molecular flexibility index (Phi) is 6.69. The summed E-state index contributed by atoms with van der Waals surface area (Å²) in [4.78, 5) is 16.4. The van der Waals surface area contributed by atoms with Crippen LogP contribution in [-0.4, -0.2) is 44.4 Å². The Hall–Kier alpha value is -0.870. The number of carbonyl (C=O) groups is 1. The molecule has 112 valence electrons. The maximum absolute atomic E-state index is 11.9. The summed E-state index contributed by atoms with van der Waals surface area (Å²) >= 11 is 3.45. The van der Waals surface area contributed by atoms with Gasteiger partial charge in [-0.3, -0.25) is 4.79 Å². The summed E-state index contributed by atoms with van der Waals surface area (Å²) in [5.41, 5.74) is 1.83. The van der Waals surface area contributed by atoms with Crippen LogP contribution in [0.4, 0.5) is 5.69 Å². The maximum Gasteiger partial charge on any atom is 0.161 e. The number of rotatable bonds is 7. The minimum atomic E-state index is 0.111. The van der Waals surface area contributed by atoms with Crippen LogP contribution in [0.25, 0.3) is 0 Å². The number of halogens is 1. The van der Waals surface area contributed by atoms with Crippen molar-refractivity contribution in [3.63, 3.8) is 0 Å². The van der Waals surface area contributed by atoms with Crippen LogP contribution in [0.5, 0.6) is 0 Å². The summed E-state index contributed by atoms with van der Waals surface area (Å²) in [5.74, 6) is 0.667. The first-order chi connectivity index (χ1) is 9.31. The number of Topliss-reactive ketones (excluding diaryl/α,β-unsaturated/α-hetero) is 1. The van der Waals surface area contributed by atoms with Gasteiger partial charge in [-0.05, 0) is 45.1 Å². The van der Waals surface area contributed by atoms with Crippen molar-refractivity contribution in [2.75, 3.05) is 38.6 Å². The van der Waals surface area contributed by atoms with E-state index in [-0.39, 0.29) is 5.78 Å². The van der Waals surface area contributed by atoms with Gasteiger partial charge in [-0.15, -0.1) is 0 Å². The lowest BCUT2D eigenvalue weighted by Crippen LogP contribution is -2.35. The first kappa shape index (κ1) is 17.2. The Labute approximate surface area is 131 Å². The summed E-state index contributed by atoms with van der Waals surface area (Å²) in [5, 5.41) is 0. The first-order valence-corrected chi connectivity index (χ1v) is 7.80. The minimum Gasteiger partial charge on any atom is -0.369 e. The lowest BCUT2D eigenvalue weighted by Gasteiger charge is -2.29. The van der Waals surface area contributed by atoms with Crippen molar-refractivity contribution in [1.29, 1.82) is 0 Å². The third-order valence-electron chi connectivity index (χ3n) is 3.08. The fourth-order valence-corrected chi connectivity index (χ4v) is 2.50. The molecule has 1 aromatic rings. The SMILES string of the molecule is CC(=O)c1cc(Br)ccc1N(CCN(C)C)CC(C)C. The number of nitrogens with zero attached hydrogens (tertiary/aromatic N) is 2. The highest BCUT2D eigenvalue weighted by Crippen LogP contribution is 2.26. The predicted molar refractivity (Wildman–Crippen MR) is 89.8 cm³/mol. The van der Waals surface area contributed by atoms with E-state index in [1.165, 1.54) is 0 Å². The number of benzene rings is 1. The van der Waals surface area contributed by atoms with E-state index >= 15 is 0 Å². The predicted octanol–water partition coefficient (Wildman–Crippen LogP) is 3.68. The number of likely N-dealkylation sites (N-methyl/N-ethyl adjacent to an activating group) is 1. The largest absolute Gasteiger partial charge is 0.369 e. The maximum atomic E-state index is 11.9. The van der Waals surface area contributed by atoms with Gasteiger partial charge >= 0.3 is 0 Å². The second kappa shape index (κ2) is 7.79. The van der Waals surface area contributed by atoms with Crippen LogP contribution in [0.3, 0.4) is 0 Å². The second-order valence-corrected chi connectivity index (χ2v) is 6.78. The molecule has 0 aliphatic heterocycles. The van der Waals surface area contributed by atoms with Crippen LogP contribution >= 0.6 is 15.9 Å². The molecule has 0 heterocycles. The Balaban J connectivity index is 3.08. The van der Waals surface area contributed by atoms with E-state index in [1.807, 2.05) is 18.2 Å². The van der Waals surface area contributed by atoms with Gasteiger partial charge < -0.3 is 9.80 Å². The molecule has 0 aliphatic carbocycles. The molecule has 0 atom stereocenters. The summed E-state index contributed by atoms with van der Waals surface area (Å²) < 4.78 is 0.948. The van der Waals surface area contributed by atoms with E-state index in [0.29, 0.717) is 5.92 Å². The third kappa shape index (κ3) is 5.25. The fourth-order valence-electron chi connectivity index (χ4n) is 2.14. The molecular formula is C16H25BrN2O. The molecule has 3 nitrogen and oxygen atoms in total. The Morgan fingerprint density at radius 3 is 2.40 bits per heavy atom. The number of ketones is 1. The smallest absolute Gasteiger partial charge is 0.161 e. The first-order valence-electron chi connectivity index (χ1n) is 7.01. The minimum absolute atomic E-state index is 0.111. The molecule has 1 aromatic carbocycles. The zero-order valence-electron chi connectivity index (χ0n) is 13.1. The van der Waals surface area contributed by atoms with Crippen LogP contribution in [0.2, 0.25) is 0 Å². The average molecular weight is 341 g/mol. The van der Waals surface area contributed by atoms with Gasteiger partial charge in [0.1, 0.15) is 0 Å². The van der Waals surface area contributed by atoms with Crippen molar-refractivity contribution in [1.82, 2.24) is 4.90 Å². The number of anilines is 1. The van der Waals surface area contributed by atoms with Gasteiger partial charge in [-0.1, -0.05) is 29.8 Å². The lowest BCUT2D eigenvalue weighted by molar-refractivity contribution is 0.101. The molecule has 0 fully saturated rings. The van der Waals surface area contributed by atoms with Crippen LogP contribution in [0.1, 0.15) is 31.1 Å². The van der Waals surface area contributed by atoms with Gasteiger partial charge in [0.05, 0.1) is 0 Å². The summed E-state index contributed by atoms with van der Waals surface area (Å²) in [7, 11) is 4.14. The topological polar surface area (TPSA) is 23.6 Å². The Bertz CT molecular complexity index is 458. The van der Waals surface area contributed by atoms with Gasteiger partial charge in [0.15, 0.2) is 5.78 Å². The highest BCUT2D eigenvalue weighted by atomic mass is 79.9. The molecule has 4 heteroatoms. The van der Waals surface area contributed by atoms with Crippen LogP contribution in [0.15, 0.2) is 22.7 Å². The van der Waals surface area contributed by atoms with Gasteiger partial charge in [0, 0.05) is 35.4 Å².